The summed E-state index contributed by atoms with van der Waals surface area (Å²) in [6, 6.07) is 1.21. The summed E-state index contributed by atoms with van der Waals surface area (Å²) in [5, 5.41) is 9.80. The zero-order valence-electron chi connectivity index (χ0n) is 8.17. The fourth-order valence-corrected chi connectivity index (χ4v) is 1.44. The van der Waals surface area contributed by atoms with Gasteiger partial charge in [-0.15, -0.1) is 0 Å². The normalized spacial score (nSPS) is 15.2. The summed E-state index contributed by atoms with van der Waals surface area (Å²) in [5.41, 5.74) is 0.267. The van der Waals surface area contributed by atoms with E-state index in [1.165, 1.54) is 12.3 Å². The predicted molar refractivity (Wildman–Crippen MR) is 53.9 cm³/mol. The number of aliphatic hydroxyl groups excluding tert-OH is 1. The Kier molecular flexibility index (Phi) is 3.84. The molecule has 0 fully saturated rings. The van der Waals surface area contributed by atoms with Crippen LogP contribution in [0.1, 0.15) is 31.9 Å². The van der Waals surface area contributed by atoms with Crippen LogP contribution in [0.3, 0.4) is 0 Å². The minimum Gasteiger partial charge on any atom is -0.392 e. The Bertz CT molecular complexity index is 319. The number of rotatable bonds is 3. The van der Waals surface area contributed by atoms with Crippen LogP contribution >= 0.6 is 11.6 Å². The molecular formula is C10H13ClFNO. The second kappa shape index (κ2) is 4.71. The molecule has 0 bridgehead atoms. The first-order valence-corrected chi connectivity index (χ1v) is 4.93. The lowest BCUT2D eigenvalue weighted by molar-refractivity contribution is 0.142. The number of aliphatic hydroxyl groups is 1. The number of halogens is 2. The van der Waals surface area contributed by atoms with Crippen molar-refractivity contribution in [3.8, 4) is 0 Å². The second-order valence-electron chi connectivity index (χ2n) is 3.28. The van der Waals surface area contributed by atoms with E-state index in [2.05, 4.69) is 4.98 Å². The topological polar surface area (TPSA) is 33.1 Å². The summed E-state index contributed by atoms with van der Waals surface area (Å²) in [5.74, 6) is -0.769. The van der Waals surface area contributed by atoms with E-state index in [1.807, 2.05) is 6.92 Å². The highest BCUT2D eigenvalue weighted by Gasteiger charge is 2.19. The molecule has 0 saturated heterocycles. The first kappa shape index (κ1) is 11.4. The van der Waals surface area contributed by atoms with Gasteiger partial charge in [-0.3, -0.25) is 4.98 Å². The van der Waals surface area contributed by atoms with E-state index in [-0.39, 0.29) is 16.6 Å². The molecule has 0 amide bonds. The molecule has 0 spiro atoms. The Balaban J connectivity index is 2.95. The van der Waals surface area contributed by atoms with E-state index in [4.69, 9.17) is 11.6 Å². The van der Waals surface area contributed by atoms with Gasteiger partial charge in [0.15, 0.2) is 0 Å². The van der Waals surface area contributed by atoms with Crippen molar-refractivity contribution in [2.45, 2.75) is 32.3 Å². The largest absolute Gasteiger partial charge is 0.392 e. The highest BCUT2D eigenvalue weighted by molar-refractivity contribution is 6.30. The molecule has 0 aliphatic heterocycles. The Morgan fingerprint density at radius 2 is 2.29 bits per heavy atom. The minimum atomic E-state index is -0.571. The number of nitrogens with zero attached hydrogens (tertiary/aromatic N) is 1. The van der Waals surface area contributed by atoms with Crippen LogP contribution in [0.5, 0.6) is 0 Å². The summed E-state index contributed by atoms with van der Waals surface area (Å²) >= 11 is 5.57. The van der Waals surface area contributed by atoms with Crippen LogP contribution in [0.4, 0.5) is 4.39 Å². The monoisotopic (exact) mass is 217 g/mol. The Labute approximate surface area is 87.7 Å². The van der Waals surface area contributed by atoms with Gasteiger partial charge in [-0.05, 0) is 12.5 Å². The molecule has 0 aliphatic rings. The van der Waals surface area contributed by atoms with Crippen LogP contribution in [0, 0.1) is 5.82 Å². The van der Waals surface area contributed by atoms with Crippen molar-refractivity contribution in [1.29, 1.82) is 0 Å². The Hall–Kier alpha value is -0.670. The fourth-order valence-electron chi connectivity index (χ4n) is 1.30. The summed E-state index contributed by atoms with van der Waals surface area (Å²) in [6.45, 7) is 3.59. The zero-order valence-corrected chi connectivity index (χ0v) is 8.92. The van der Waals surface area contributed by atoms with Crippen LogP contribution < -0.4 is 0 Å². The summed E-state index contributed by atoms with van der Waals surface area (Å²) in [6.07, 6.45) is 1.39. The highest BCUT2D eigenvalue weighted by Crippen LogP contribution is 2.23. The van der Waals surface area contributed by atoms with Crippen LogP contribution in [0.2, 0.25) is 5.02 Å². The second-order valence-corrected chi connectivity index (χ2v) is 3.72. The first-order valence-electron chi connectivity index (χ1n) is 4.55. The molecular weight excluding hydrogens is 205 g/mol. The van der Waals surface area contributed by atoms with Crippen molar-refractivity contribution < 1.29 is 9.50 Å². The molecule has 2 unspecified atom stereocenters. The van der Waals surface area contributed by atoms with E-state index in [1.54, 1.807) is 6.92 Å². The molecule has 0 radical (unpaired) electrons. The van der Waals surface area contributed by atoms with E-state index in [9.17, 15) is 9.50 Å². The number of pyridine rings is 1. The van der Waals surface area contributed by atoms with Gasteiger partial charge in [0.1, 0.15) is 5.82 Å². The fraction of sp³-hybridized carbons (Fsp3) is 0.500. The third-order valence-electron chi connectivity index (χ3n) is 2.26. The van der Waals surface area contributed by atoms with Crippen molar-refractivity contribution >= 4 is 11.6 Å². The summed E-state index contributed by atoms with van der Waals surface area (Å²) in [7, 11) is 0. The van der Waals surface area contributed by atoms with Crippen molar-refractivity contribution in [2.75, 3.05) is 0 Å². The lowest BCUT2D eigenvalue weighted by Crippen LogP contribution is -2.16. The van der Waals surface area contributed by atoms with Crippen molar-refractivity contribution in [2.24, 2.45) is 0 Å². The SMILES string of the molecule is CCC(O)C(C)c1ncc(Cl)cc1F. The lowest BCUT2D eigenvalue weighted by atomic mass is 9.98. The van der Waals surface area contributed by atoms with Crippen molar-refractivity contribution in [1.82, 2.24) is 4.98 Å². The molecule has 0 aromatic carbocycles. The van der Waals surface area contributed by atoms with Gasteiger partial charge in [-0.2, -0.15) is 0 Å². The quantitative estimate of drug-likeness (QED) is 0.845. The van der Waals surface area contributed by atoms with E-state index in [0.29, 0.717) is 6.42 Å². The van der Waals surface area contributed by atoms with E-state index in [0.717, 1.165) is 0 Å². The molecule has 1 aromatic heterocycles. The lowest BCUT2D eigenvalue weighted by Gasteiger charge is -2.16. The summed E-state index contributed by atoms with van der Waals surface area (Å²) in [4.78, 5) is 3.88. The molecule has 1 rings (SSSR count). The molecule has 2 nitrogen and oxygen atoms in total. The zero-order chi connectivity index (χ0) is 10.7. The van der Waals surface area contributed by atoms with Gasteiger partial charge >= 0.3 is 0 Å². The molecule has 4 heteroatoms. The highest BCUT2D eigenvalue weighted by atomic mass is 35.5. The third kappa shape index (κ3) is 2.42. The first-order chi connectivity index (χ1) is 6.56. The molecule has 0 saturated carbocycles. The van der Waals surface area contributed by atoms with E-state index < -0.39 is 11.9 Å². The van der Waals surface area contributed by atoms with Crippen LogP contribution in [0.25, 0.3) is 0 Å². The van der Waals surface area contributed by atoms with Gasteiger partial charge < -0.3 is 5.11 Å². The molecule has 1 heterocycles. The van der Waals surface area contributed by atoms with Gasteiger partial charge in [-0.1, -0.05) is 25.4 Å². The van der Waals surface area contributed by atoms with Crippen LogP contribution in [-0.2, 0) is 0 Å². The number of hydrogen-bond donors (Lipinski definition) is 1. The smallest absolute Gasteiger partial charge is 0.146 e. The van der Waals surface area contributed by atoms with Gasteiger partial charge in [0.2, 0.25) is 0 Å². The van der Waals surface area contributed by atoms with Crippen LogP contribution in [0.15, 0.2) is 12.3 Å². The molecule has 14 heavy (non-hydrogen) atoms. The average molecular weight is 218 g/mol. The van der Waals surface area contributed by atoms with E-state index >= 15 is 0 Å². The third-order valence-corrected chi connectivity index (χ3v) is 2.47. The van der Waals surface area contributed by atoms with Crippen molar-refractivity contribution in [3.63, 3.8) is 0 Å². The van der Waals surface area contributed by atoms with Crippen molar-refractivity contribution in [3.05, 3.63) is 28.8 Å². The Morgan fingerprint density at radius 3 is 2.79 bits per heavy atom. The number of hydrogen-bond acceptors (Lipinski definition) is 2. The van der Waals surface area contributed by atoms with Gasteiger partial charge in [0.05, 0.1) is 16.8 Å². The molecule has 2 atom stereocenters. The van der Waals surface area contributed by atoms with Crippen LogP contribution in [-0.4, -0.2) is 16.2 Å². The van der Waals surface area contributed by atoms with Gasteiger partial charge in [-0.25, -0.2) is 4.39 Å². The molecule has 0 aliphatic carbocycles. The van der Waals surface area contributed by atoms with Gasteiger partial charge in [0, 0.05) is 12.1 Å². The Morgan fingerprint density at radius 1 is 1.64 bits per heavy atom. The number of aromatic nitrogens is 1. The molecule has 1 N–H and O–H groups in total. The summed E-state index contributed by atoms with van der Waals surface area (Å²) < 4.78 is 13.3. The maximum absolute atomic E-state index is 13.3. The maximum Gasteiger partial charge on any atom is 0.146 e. The predicted octanol–water partition coefficient (Wildman–Crippen LogP) is 2.75. The standard InChI is InChI=1S/C10H13ClFNO/c1-3-9(14)6(2)10-8(12)4-7(11)5-13-10/h4-6,9,14H,3H2,1-2H3. The minimum absolute atomic E-state index is 0.267. The maximum atomic E-state index is 13.3. The van der Waals surface area contributed by atoms with Gasteiger partial charge in [0.25, 0.3) is 0 Å². The average Bonchev–Trinajstić information content (AvgIpc) is 2.15. The molecule has 78 valence electrons. The molecule has 1 aromatic rings.